The van der Waals surface area contributed by atoms with Crippen LogP contribution in [-0.4, -0.2) is 13.2 Å². The molecule has 0 fully saturated rings. The van der Waals surface area contributed by atoms with Gasteiger partial charge in [0.25, 0.3) is 0 Å². The summed E-state index contributed by atoms with van der Waals surface area (Å²) in [6.45, 7) is 2.10. The number of hydrogen-bond acceptors (Lipinski definition) is 2. The number of rotatable bonds is 5. The molecule has 1 unspecified atom stereocenters. The molecule has 0 heterocycles. The highest BCUT2D eigenvalue weighted by Crippen LogP contribution is 2.30. The molecule has 2 rings (SSSR count). The van der Waals surface area contributed by atoms with E-state index in [1.54, 1.807) is 13.2 Å². The molecule has 2 nitrogen and oxygen atoms in total. The Labute approximate surface area is 129 Å². The second-order valence-corrected chi connectivity index (χ2v) is 5.45. The molecule has 0 aliphatic rings. The highest BCUT2D eigenvalue weighted by molar-refractivity contribution is 6.43. The third kappa shape index (κ3) is 3.59. The second-order valence-electron chi connectivity index (χ2n) is 4.66. The number of para-hydroxylation sites is 1. The number of hydrogen-bond donors (Lipinski definition) is 1. The van der Waals surface area contributed by atoms with Crippen LogP contribution < -0.4 is 10.1 Å². The third-order valence-electron chi connectivity index (χ3n) is 3.07. The summed E-state index contributed by atoms with van der Waals surface area (Å²) < 4.78 is 5.36. The Kier molecular flexibility index (Phi) is 5.16. The van der Waals surface area contributed by atoms with Gasteiger partial charge in [-0.2, -0.15) is 0 Å². The highest BCUT2D eigenvalue weighted by atomic mass is 35.5. The summed E-state index contributed by atoms with van der Waals surface area (Å²) in [4.78, 5) is 0. The standard InChI is InChI=1S/C16H17Cl2NO/c1-11(10-12-6-3-4-9-15(12)20-2)19-14-8-5-7-13(17)16(14)18/h3-9,11,19H,10H2,1-2H3. The van der Waals surface area contributed by atoms with Crippen LogP contribution in [0, 0.1) is 0 Å². The Morgan fingerprint density at radius 2 is 1.85 bits per heavy atom. The van der Waals surface area contributed by atoms with Crippen LogP contribution in [0.15, 0.2) is 42.5 Å². The second kappa shape index (κ2) is 6.87. The zero-order valence-electron chi connectivity index (χ0n) is 11.5. The van der Waals surface area contributed by atoms with Crippen molar-refractivity contribution >= 4 is 28.9 Å². The molecule has 0 aliphatic carbocycles. The van der Waals surface area contributed by atoms with Crippen LogP contribution in [0.25, 0.3) is 0 Å². The monoisotopic (exact) mass is 309 g/mol. The molecule has 20 heavy (non-hydrogen) atoms. The van der Waals surface area contributed by atoms with E-state index < -0.39 is 0 Å². The van der Waals surface area contributed by atoms with Crippen molar-refractivity contribution in [2.75, 3.05) is 12.4 Å². The Balaban J connectivity index is 2.09. The van der Waals surface area contributed by atoms with Crippen molar-refractivity contribution in [1.29, 1.82) is 0 Å². The average Bonchev–Trinajstić information content (AvgIpc) is 2.44. The molecule has 0 spiro atoms. The van der Waals surface area contributed by atoms with E-state index in [2.05, 4.69) is 18.3 Å². The van der Waals surface area contributed by atoms with Gasteiger partial charge in [-0.25, -0.2) is 0 Å². The number of methoxy groups -OCH3 is 1. The maximum absolute atomic E-state index is 6.18. The minimum absolute atomic E-state index is 0.210. The lowest BCUT2D eigenvalue weighted by Crippen LogP contribution is -2.18. The molecule has 0 saturated carbocycles. The van der Waals surface area contributed by atoms with E-state index in [-0.39, 0.29) is 6.04 Å². The predicted molar refractivity (Wildman–Crippen MR) is 86.2 cm³/mol. The maximum atomic E-state index is 6.18. The first-order valence-corrected chi connectivity index (χ1v) is 7.20. The van der Waals surface area contributed by atoms with E-state index in [1.807, 2.05) is 30.3 Å². The summed E-state index contributed by atoms with van der Waals surface area (Å²) in [5, 5.41) is 4.49. The van der Waals surface area contributed by atoms with Gasteiger partial charge in [0.15, 0.2) is 0 Å². The lowest BCUT2D eigenvalue weighted by atomic mass is 10.1. The fourth-order valence-corrected chi connectivity index (χ4v) is 2.49. The van der Waals surface area contributed by atoms with Gasteiger partial charge < -0.3 is 10.1 Å². The molecule has 0 aliphatic heterocycles. The van der Waals surface area contributed by atoms with Crippen LogP contribution in [0.3, 0.4) is 0 Å². The lowest BCUT2D eigenvalue weighted by Gasteiger charge is -2.18. The number of nitrogens with one attached hydrogen (secondary N) is 1. The third-order valence-corrected chi connectivity index (χ3v) is 3.89. The minimum Gasteiger partial charge on any atom is -0.496 e. The molecule has 4 heteroatoms. The fourth-order valence-electron chi connectivity index (χ4n) is 2.13. The summed E-state index contributed by atoms with van der Waals surface area (Å²) in [6.07, 6.45) is 0.840. The van der Waals surface area contributed by atoms with Gasteiger partial charge in [0.2, 0.25) is 0 Å². The van der Waals surface area contributed by atoms with Gasteiger partial charge in [0.05, 0.1) is 22.8 Å². The molecular weight excluding hydrogens is 293 g/mol. The van der Waals surface area contributed by atoms with E-state index in [0.717, 1.165) is 23.4 Å². The minimum atomic E-state index is 0.210. The smallest absolute Gasteiger partial charge is 0.122 e. The number of halogens is 2. The first kappa shape index (κ1) is 15.0. The molecule has 0 saturated heterocycles. The lowest BCUT2D eigenvalue weighted by molar-refractivity contribution is 0.409. The predicted octanol–water partition coefficient (Wildman–Crippen LogP) is 5.05. The molecule has 0 amide bonds. The largest absolute Gasteiger partial charge is 0.496 e. The summed E-state index contributed by atoms with van der Waals surface area (Å²) in [6, 6.07) is 13.8. The van der Waals surface area contributed by atoms with Crippen molar-refractivity contribution in [2.45, 2.75) is 19.4 Å². The van der Waals surface area contributed by atoms with Crippen LogP contribution >= 0.6 is 23.2 Å². The van der Waals surface area contributed by atoms with Crippen LogP contribution in [0.5, 0.6) is 5.75 Å². The molecule has 2 aromatic carbocycles. The van der Waals surface area contributed by atoms with Gasteiger partial charge >= 0.3 is 0 Å². The Morgan fingerprint density at radius 3 is 2.60 bits per heavy atom. The van der Waals surface area contributed by atoms with Gasteiger partial charge in [0.1, 0.15) is 5.75 Å². The van der Waals surface area contributed by atoms with E-state index in [9.17, 15) is 0 Å². The van der Waals surface area contributed by atoms with Crippen LogP contribution in [-0.2, 0) is 6.42 Å². The van der Waals surface area contributed by atoms with Crippen molar-refractivity contribution in [2.24, 2.45) is 0 Å². The van der Waals surface area contributed by atoms with Crippen LogP contribution in [0.1, 0.15) is 12.5 Å². The van der Waals surface area contributed by atoms with Gasteiger partial charge in [-0.05, 0) is 37.1 Å². The maximum Gasteiger partial charge on any atom is 0.122 e. The summed E-state index contributed by atoms with van der Waals surface area (Å²) in [5.74, 6) is 0.901. The first-order chi connectivity index (χ1) is 9.61. The van der Waals surface area contributed by atoms with Crippen molar-refractivity contribution in [3.63, 3.8) is 0 Å². The SMILES string of the molecule is COc1ccccc1CC(C)Nc1cccc(Cl)c1Cl. The molecule has 2 aromatic rings. The molecule has 0 aromatic heterocycles. The number of benzene rings is 2. The molecule has 106 valence electrons. The fraction of sp³-hybridized carbons (Fsp3) is 0.250. The van der Waals surface area contributed by atoms with Crippen LogP contribution in [0.4, 0.5) is 5.69 Å². The summed E-state index contributed by atoms with van der Waals surface area (Å²) in [7, 11) is 1.69. The van der Waals surface area contributed by atoms with Gasteiger partial charge in [0, 0.05) is 6.04 Å². The zero-order chi connectivity index (χ0) is 14.5. The van der Waals surface area contributed by atoms with Crippen molar-refractivity contribution < 1.29 is 4.74 Å². The van der Waals surface area contributed by atoms with E-state index in [1.165, 1.54) is 0 Å². The molecular formula is C16H17Cl2NO. The zero-order valence-corrected chi connectivity index (χ0v) is 13.0. The van der Waals surface area contributed by atoms with Crippen molar-refractivity contribution in [3.8, 4) is 5.75 Å². The summed E-state index contributed by atoms with van der Waals surface area (Å²) >= 11 is 12.2. The van der Waals surface area contributed by atoms with Gasteiger partial charge in [-0.1, -0.05) is 47.5 Å². The van der Waals surface area contributed by atoms with E-state index in [4.69, 9.17) is 27.9 Å². The molecule has 0 bridgehead atoms. The Morgan fingerprint density at radius 1 is 1.10 bits per heavy atom. The molecule has 1 N–H and O–H groups in total. The molecule has 0 radical (unpaired) electrons. The number of ether oxygens (including phenoxy) is 1. The average molecular weight is 310 g/mol. The normalized spacial score (nSPS) is 12.0. The molecule has 1 atom stereocenters. The van der Waals surface area contributed by atoms with Crippen molar-refractivity contribution in [1.82, 2.24) is 0 Å². The highest BCUT2D eigenvalue weighted by Gasteiger charge is 2.10. The topological polar surface area (TPSA) is 21.3 Å². The quantitative estimate of drug-likeness (QED) is 0.835. The Hall–Kier alpha value is -1.38. The number of anilines is 1. The summed E-state index contributed by atoms with van der Waals surface area (Å²) in [5.41, 5.74) is 2.01. The van der Waals surface area contributed by atoms with Crippen LogP contribution in [0.2, 0.25) is 10.0 Å². The van der Waals surface area contributed by atoms with Gasteiger partial charge in [-0.15, -0.1) is 0 Å². The first-order valence-electron chi connectivity index (χ1n) is 6.44. The van der Waals surface area contributed by atoms with E-state index in [0.29, 0.717) is 10.0 Å². The van der Waals surface area contributed by atoms with E-state index >= 15 is 0 Å². The Bertz CT molecular complexity index is 586. The van der Waals surface area contributed by atoms with Gasteiger partial charge in [-0.3, -0.25) is 0 Å². The van der Waals surface area contributed by atoms with Crippen molar-refractivity contribution in [3.05, 3.63) is 58.1 Å².